The van der Waals surface area contributed by atoms with E-state index in [4.69, 9.17) is 0 Å². The zero-order valence-electron chi connectivity index (χ0n) is 7.57. The Hall–Kier alpha value is -1.72. The predicted octanol–water partition coefficient (Wildman–Crippen LogP) is 0.959. The van der Waals surface area contributed by atoms with Crippen LogP contribution in [0.25, 0.3) is 0 Å². The van der Waals surface area contributed by atoms with Gasteiger partial charge in [0.25, 0.3) is 0 Å². The van der Waals surface area contributed by atoms with Gasteiger partial charge in [-0.25, -0.2) is 19.2 Å². The van der Waals surface area contributed by atoms with Gasteiger partial charge in [-0.15, -0.1) is 0 Å². The molecule has 0 aromatic carbocycles. The van der Waals surface area contributed by atoms with Gasteiger partial charge < -0.3 is 9.47 Å². The molecular formula is C8H9FN2O3. The number of carbonyl (C=O) groups excluding carboxylic acids is 1. The molecule has 0 saturated carbocycles. The van der Waals surface area contributed by atoms with Crippen molar-refractivity contribution in [2.24, 2.45) is 0 Å². The van der Waals surface area contributed by atoms with Crippen LogP contribution >= 0.6 is 0 Å². The molecule has 1 rings (SSSR count). The van der Waals surface area contributed by atoms with E-state index in [1.807, 2.05) is 0 Å². The SMILES string of the molecule is CCOC(=O)c1cnc(OCF)cn1. The maximum Gasteiger partial charge on any atom is 0.358 e. The van der Waals surface area contributed by atoms with Gasteiger partial charge in [0.2, 0.25) is 12.7 Å². The summed E-state index contributed by atoms with van der Waals surface area (Å²) in [6.07, 6.45) is 2.33. The fourth-order valence-corrected chi connectivity index (χ4v) is 0.757. The van der Waals surface area contributed by atoms with Gasteiger partial charge in [-0.1, -0.05) is 0 Å². The number of halogens is 1. The molecule has 0 aliphatic rings. The van der Waals surface area contributed by atoms with Crippen LogP contribution in [-0.2, 0) is 4.74 Å². The Morgan fingerprint density at radius 2 is 2.29 bits per heavy atom. The second kappa shape index (κ2) is 5.11. The molecule has 14 heavy (non-hydrogen) atoms. The van der Waals surface area contributed by atoms with Crippen molar-refractivity contribution in [3.8, 4) is 5.88 Å². The number of ether oxygens (including phenoxy) is 2. The maximum absolute atomic E-state index is 11.7. The van der Waals surface area contributed by atoms with Crippen LogP contribution in [-0.4, -0.2) is 29.4 Å². The van der Waals surface area contributed by atoms with Gasteiger partial charge in [0.15, 0.2) is 5.69 Å². The van der Waals surface area contributed by atoms with Crippen LogP contribution in [0, 0.1) is 0 Å². The molecule has 0 aliphatic heterocycles. The third-order valence-electron chi connectivity index (χ3n) is 1.32. The molecule has 76 valence electrons. The Morgan fingerprint density at radius 3 is 2.79 bits per heavy atom. The molecule has 1 heterocycles. The number of hydrogen-bond acceptors (Lipinski definition) is 5. The number of esters is 1. The van der Waals surface area contributed by atoms with Crippen LogP contribution in [0.5, 0.6) is 5.88 Å². The molecule has 0 saturated heterocycles. The molecule has 0 fully saturated rings. The summed E-state index contributed by atoms with van der Waals surface area (Å²) >= 11 is 0. The van der Waals surface area contributed by atoms with E-state index in [0.717, 1.165) is 6.20 Å². The van der Waals surface area contributed by atoms with Gasteiger partial charge in [-0.2, -0.15) is 0 Å². The molecule has 5 nitrogen and oxygen atoms in total. The number of nitrogens with zero attached hydrogens (tertiary/aromatic N) is 2. The zero-order valence-corrected chi connectivity index (χ0v) is 7.57. The molecule has 0 N–H and O–H groups in total. The van der Waals surface area contributed by atoms with E-state index in [0.29, 0.717) is 0 Å². The minimum atomic E-state index is -0.979. The van der Waals surface area contributed by atoms with Crippen molar-refractivity contribution in [1.29, 1.82) is 0 Å². The lowest BCUT2D eigenvalue weighted by Gasteiger charge is -2.01. The first-order valence-corrected chi connectivity index (χ1v) is 3.96. The van der Waals surface area contributed by atoms with E-state index < -0.39 is 12.8 Å². The first-order valence-electron chi connectivity index (χ1n) is 3.96. The van der Waals surface area contributed by atoms with Gasteiger partial charge in [0, 0.05) is 0 Å². The molecule has 0 aliphatic carbocycles. The molecule has 0 spiro atoms. The Labute approximate surface area is 79.9 Å². The number of rotatable bonds is 4. The largest absolute Gasteiger partial charge is 0.461 e. The van der Waals surface area contributed by atoms with Crippen LogP contribution in [0.4, 0.5) is 4.39 Å². The molecule has 1 aromatic heterocycles. The van der Waals surface area contributed by atoms with Gasteiger partial charge in [-0.3, -0.25) is 0 Å². The van der Waals surface area contributed by atoms with E-state index in [1.165, 1.54) is 6.20 Å². The number of aromatic nitrogens is 2. The van der Waals surface area contributed by atoms with Crippen LogP contribution in [0.2, 0.25) is 0 Å². The summed E-state index contributed by atoms with van der Waals surface area (Å²) < 4.78 is 20.8. The molecule has 6 heteroatoms. The standard InChI is InChI=1S/C8H9FN2O3/c1-2-13-8(12)6-3-11-7(4-10-6)14-5-9/h3-4H,2,5H2,1H3. The van der Waals surface area contributed by atoms with Crippen molar-refractivity contribution >= 4 is 5.97 Å². The van der Waals surface area contributed by atoms with Gasteiger partial charge in [-0.05, 0) is 6.92 Å². The summed E-state index contributed by atoms with van der Waals surface area (Å²) in [6.45, 7) is 0.975. The quantitative estimate of drug-likeness (QED) is 0.677. The van der Waals surface area contributed by atoms with Crippen molar-refractivity contribution in [2.75, 3.05) is 13.5 Å². The Bertz CT molecular complexity index is 302. The molecular weight excluding hydrogens is 191 g/mol. The van der Waals surface area contributed by atoms with Gasteiger partial charge >= 0.3 is 5.97 Å². The average Bonchev–Trinajstić information content (AvgIpc) is 2.20. The van der Waals surface area contributed by atoms with Crippen molar-refractivity contribution in [3.05, 3.63) is 18.1 Å². The van der Waals surface area contributed by atoms with E-state index >= 15 is 0 Å². The molecule has 0 unspecified atom stereocenters. The lowest BCUT2D eigenvalue weighted by molar-refractivity contribution is 0.0518. The summed E-state index contributed by atoms with van der Waals surface area (Å²) in [5, 5.41) is 0. The highest BCUT2D eigenvalue weighted by molar-refractivity contribution is 5.86. The molecule has 0 radical (unpaired) electrons. The highest BCUT2D eigenvalue weighted by atomic mass is 19.1. The van der Waals surface area contributed by atoms with Crippen molar-refractivity contribution in [1.82, 2.24) is 9.97 Å². The van der Waals surface area contributed by atoms with E-state index in [-0.39, 0.29) is 18.2 Å². The summed E-state index contributed by atoms with van der Waals surface area (Å²) in [5.41, 5.74) is 0.0676. The maximum atomic E-state index is 11.7. The van der Waals surface area contributed by atoms with E-state index in [2.05, 4.69) is 19.4 Å². The zero-order chi connectivity index (χ0) is 10.4. The monoisotopic (exact) mass is 200 g/mol. The fraction of sp³-hybridized carbons (Fsp3) is 0.375. The smallest absolute Gasteiger partial charge is 0.358 e. The van der Waals surface area contributed by atoms with Gasteiger partial charge in [0.1, 0.15) is 0 Å². The van der Waals surface area contributed by atoms with E-state index in [1.54, 1.807) is 6.92 Å². The third-order valence-corrected chi connectivity index (χ3v) is 1.32. The molecule has 0 amide bonds. The minimum Gasteiger partial charge on any atom is -0.461 e. The number of alkyl halides is 1. The summed E-state index contributed by atoms with van der Waals surface area (Å²) in [6, 6.07) is 0. The van der Waals surface area contributed by atoms with Crippen molar-refractivity contribution < 1.29 is 18.7 Å². The van der Waals surface area contributed by atoms with Crippen LogP contribution in [0.3, 0.4) is 0 Å². The highest BCUT2D eigenvalue weighted by Crippen LogP contribution is 2.04. The van der Waals surface area contributed by atoms with E-state index in [9.17, 15) is 9.18 Å². The van der Waals surface area contributed by atoms with Crippen molar-refractivity contribution in [3.63, 3.8) is 0 Å². The number of carbonyl (C=O) groups is 1. The van der Waals surface area contributed by atoms with Crippen molar-refractivity contribution in [2.45, 2.75) is 6.92 Å². The lowest BCUT2D eigenvalue weighted by atomic mass is 10.4. The topological polar surface area (TPSA) is 61.3 Å². The average molecular weight is 200 g/mol. The Morgan fingerprint density at radius 1 is 1.50 bits per heavy atom. The van der Waals surface area contributed by atoms with Crippen LogP contribution < -0.4 is 4.74 Å². The third kappa shape index (κ3) is 2.65. The second-order valence-corrected chi connectivity index (χ2v) is 2.21. The first-order chi connectivity index (χ1) is 6.77. The van der Waals surface area contributed by atoms with Gasteiger partial charge in [0.05, 0.1) is 19.0 Å². The van der Waals surface area contributed by atoms with Crippen LogP contribution in [0.15, 0.2) is 12.4 Å². The number of hydrogen-bond donors (Lipinski definition) is 0. The summed E-state index contributed by atoms with van der Waals surface area (Å²) in [7, 11) is 0. The first kappa shape index (κ1) is 10.4. The second-order valence-electron chi connectivity index (χ2n) is 2.21. The summed E-state index contributed by atoms with van der Waals surface area (Å²) in [4.78, 5) is 18.4. The minimum absolute atomic E-state index is 0.0283. The molecule has 1 aromatic rings. The fourth-order valence-electron chi connectivity index (χ4n) is 0.757. The summed E-state index contributed by atoms with van der Waals surface area (Å²) in [5.74, 6) is -0.535. The Balaban J connectivity index is 2.67. The Kier molecular flexibility index (Phi) is 3.78. The molecule has 0 bridgehead atoms. The lowest BCUT2D eigenvalue weighted by Crippen LogP contribution is -2.07. The van der Waals surface area contributed by atoms with Crippen LogP contribution in [0.1, 0.15) is 17.4 Å². The predicted molar refractivity (Wildman–Crippen MR) is 44.6 cm³/mol. The highest BCUT2D eigenvalue weighted by Gasteiger charge is 2.08. The normalized spacial score (nSPS) is 9.57. The molecule has 0 atom stereocenters.